The molecule has 1 heterocycles. The second-order valence-corrected chi connectivity index (χ2v) is 4.92. The van der Waals surface area contributed by atoms with E-state index in [1.165, 1.54) is 0 Å². The second-order valence-electron chi connectivity index (χ2n) is 4.92. The average Bonchev–Trinajstić information content (AvgIpc) is 2.52. The van der Waals surface area contributed by atoms with Gasteiger partial charge in [0.05, 0.1) is 17.9 Å². The molecule has 0 unspecified atom stereocenters. The van der Waals surface area contributed by atoms with Crippen LogP contribution >= 0.6 is 0 Å². The first kappa shape index (κ1) is 14.7. The topological polar surface area (TPSA) is 97.1 Å². The highest BCUT2D eigenvalue weighted by molar-refractivity contribution is 5.98. The zero-order valence-corrected chi connectivity index (χ0v) is 11.4. The number of ether oxygens (including phenoxy) is 1. The van der Waals surface area contributed by atoms with Gasteiger partial charge in [0.2, 0.25) is 0 Å². The highest BCUT2D eigenvalue weighted by atomic mass is 16.5. The summed E-state index contributed by atoms with van der Waals surface area (Å²) in [6, 6.07) is 0. The Bertz CT molecular complexity index is 432. The highest BCUT2D eigenvalue weighted by Gasteiger charge is 2.21. The molecular formula is C12H22N4O2. The summed E-state index contributed by atoms with van der Waals surface area (Å²) < 4.78 is 7.04. The number of aromatic nitrogens is 2. The molecule has 0 aliphatic carbocycles. The molecule has 1 aromatic heterocycles. The van der Waals surface area contributed by atoms with Crippen LogP contribution in [0.3, 0.4) is 0 Å². The van der Waals surface area contributed by atoms with Crippen LogP contribution in [0.15, 0.2) is 0 Å². The molecule has 0 radical (unpaired) electrons. The number of nitrogens with one attached hydrogen (secondary N) is 1. The van der Waals surface area contributed by atoms with Gasteiger partial charge in [0.25, 0.3) is 0 Å². The van der Waals surface area contributed by atoms with Crippen LogP contribution in [-0.2, 0) is 17.9 Å². The average molecular weight is 254 g/mol. The summed E-state index contributed by atoms with van der Waals surface area (Å²) in [6.45, 7) is 8.16. The summed E-state index contributed by atoms with van der Waals surface area (Å²) in [5, 5.41) is 17.5. The Labute approximate surface area is 107 Å². The molecule has 6 heteroatoms. The fourth-order valence-corrected chi connectivity index (χ4v) is 1.66. The normalized spacial score (nSPS) is 11.8. The van der Waals surface area contributed by atoms with Gasteiger partial charge in [0.15, 0.2) is 0 Å². The monoisotopic (exact) mass is 254 g/mol. The number of aliphatic hydroxyl groups is 1. The lowest BCUT2D eigenvalue weighted by molar-refractivity contribution is 0.0575. The molecule has 0 spiro atoms. The van der Waals surface area contributed by atoms with Crippen LogP contribution in [-0.4, -0.2) is 32.6 Å². The van der Waals surface area contributed by atoms with E-state index >= 15 is 0 Å². The van der Waals surface area contributed by atoms with Crippen LogP contribution in [0.1, 0.15) is 39.2 Å². The highest BCUT2D eigenvalue weighted by Crippen LogP contribution is 2.19. The van der Waals surface area contributed by atoms with E-state index in [9.17, 15) is 5.11 Å². The van der Waals surface area contributed by atoms with Gasteiger partial charge >= 0.3 is 0 Å². The van der Waals surface area contributed by atoms with E-state index in [-0.39, 0.29) is 0 Å². The van der Waals surface area contributed by atoms with Gasteiger partial charge in [-0.3, -0.25) is 0 Å². The molecule has 1 rings (SSSR count). The minimum atomic E-state index is -0.900. The molecule has 0 aromatic carbocycles. The van der Waals surface area contributed by atoms with E-state index in [1.807, 2.05) is 6.92 Å². The molecule has 0 saturated carbocycles. The van der Waals surface area contributed by atoms with Crippen molar-refractivity contribution < 1.29 is 9.84 Å². The maximum atomic E-state index is 9.89. The van der Waals surface area contributed by atoms with Gasteiger partial charge in [-0.15, -0.1) is 0 Å². The van der Waals surface area contributed by atoms with Gasteiger partial charge in [0.1, 0.15) is 23.9 Å². The van der Waals surface area contributed by atoms with Crippen LogP contribution in [0, 0.1) is 5.41 Å². The third kappa shape index (κ3) is 3.54. The molecule has 0 atom stereocenters. The van der Waals surface area contributed by atoms with E-state index in [2.05, 4.69) is 4.98 Å². The van der Waals surface area contributed by atoms with E-state index in [0.29, 0.717) is 42.8 Å². The van der Waals surface area contributed by atoms with E-state index in [4.69, 9.17) is 15.9 Å². The second kappa shape index (κ2) is 5.49. The Morgan fingerprint density at radius 3 is 2.61 bits per heavy atom. The smallest absolute Gasteiger partial charge is 0.137 e. The first-order chi connectivity index (χ1) is 8.26. The Kier molecular flexibility index (Phi) is 4.48. The fraction of sp³-hybridized carbons (Fsp3) is 0.667. The van der Waals surface area contributed by atoms with Gasteiger partial charge in [-0.2, -0.15) is 0 Å². The number of nitrogen functional groups attached to an aromatic ring is 1. The Hall–Kier alpha value is -1.40. The maximum absolute atomic E-state index is 9.89. The molecule has 0 amide bonds. The first-order valence-electron chi connectivity index (χ1n) is 5.96. The zero-order chi connectivity index (χ0) is 13.9. The summed E-state index contributed by atoms with van der Waals surface area (Å²) in [6.07, 6.45) is 0. The zero-order valence-electron chi connectivity index (χ0n) is 11.4. The van der Waals surface area contributed by atoms with Gasteiger partial charge in [-0.05, 0) is 27.7 Å². The Morgan fingerprint density at radius 2 is 2.17 bits per heavy atom. The first-order valence-corrected chi connectivity index (χ1v) is 5.96. The molecule has 102 valence electrons. The van der Waals surface area contributed by atoms with E-state index in [0.717, 1.165) is 0 Å². The number of anilines is 1. The lowest BCUT2D eigenvalue weighted by atomic mass is 10.1. The van der Waals surface area contributed by atoms with Gasteiger partial charge in [0, 0.05) is 6.61 Å². The van der Waals surface area contributed by atoms with Crippen LogP contribution in [0.2, 0.25) is 0 Å². The van der Waals surface area contributed by atoms with Crippen molar-refractivity contribution in [3.63, 3.8) is 0 Å². The molecule has 0 saturated heterocycles. The van der Waals surface area contributed by atoms with Crippen molar-refractivity contribution in [2.75, 3.05) is 12.3 Å². The molecule has 0 bridgehead atoms. The standard InChI is InChI=1S/C12H22N4O2/c1-5-18-6-9-15-10(8(2)13)11(14)16(9)7-12(3,4)17/h13,17H,5-7,14H2,1-4H3. The van der Waals surface area contributed by atoms with Gasteiger partial charge in [-0.1, -0.05) is 0 Å². The fourth-order valence-electron chi connectivity index (χ4n) is 1.66. The number of nitrogens with zero attached hydrogens (tertiary/aromatic N) is 2. The lowest BCUT2D eigenvalue weighted by Gasteiger charge is -2.20. The maximum Gasteiger partial charge on any atom is 0.137 e. The summed E-state index contributed by atoms with van der Waals surface area (Å²) in [7, 11) is 0. The van der Waals surface area contributed by atoms with Crippen LogP contribution in [0.25, 0.3) is 0 Å². The SMILES string of the molecule is CCOCc1nc(C(C)=N)c(N)n1CC(C)(C)O. The molecule has 1 aromatic rings. The number of hydrogen-bond donors (Lipinski definition) is 3. The predicted molar refractivity (Wildman–Crippen MR) is 70.8 cm³/mol. The Morgan fingerprint density at radius 1 is 1.56 bits per heavy atom. The van der Waals surface area contributed by atoms with Crippen molar-refractivity contribution in [2.24, 2.45) is 0 Å². The van der Waals surface area contributed by atoms with Crippen molar-refractivity contribution >= 4 is 11.5 Å². The summed E-state index contributed by atoms with van der Waals surface area (Å²) >= 11 is 0. The molecule has 18 heavy (non-hydrogen) atoms. The van der Waals surface area contributed by atoms with Crippen molar-refractivity contribution in [2.45, 2.75) is 46.4 Å². The number of rotatable bonds is 6. The van der Waals surface area contributed by atoms with Gasteiger partial charge in [-0.25, -0.2) is 4.98 Å². The molecule has 6 nitrogen and oxygen atoms in total. The largest absolute Gasteiger partial charge is 0.389 e. The minimum Gasteiger partial charge on any atom is -0.389 e. The summed E-state index contributed by atoms with van der Waals surface area (Å²) in [5.41, 5.74) is 5.84. The van der Waals surface area contributed by atoms with Crippen molar-refractivity contribution in [1.29, 1.82) is 5.41 Å². The van der Waals surface area contributed by atoms with Crippen LogP contribution in [0.4, 0.5) is 5.82 Å². The van der Waals surface area contributed by atoms with Crippen molar-refractivity contribution in [3.05, 3.63) is 11.5 Å². The molecule has 0 aliphatic heterocycles. The van der Waals surface area contributed by atoms with E-state index in [1.54, 1.807) is 25.3 Å². The number of hydrogen-bond acceptors (Lipinski definition) is 5. The minimum absolute atomic E-state index is 0.305. The van der Waals surface area contributed by atoms with E-state index < -0.39 is 5.60 Å². The molecule has 0 aliphatic rings. The molecule has 4 N–H and O–H groups in total. The van der Waals surface area contributed by atoms with Crippen molar-refractivity contribution in [3.8, 4) is 0 Å². The number of nitrogens with two attached hydrogens (primary N) is 1. The molecular weight excluding hydrogens is 232 g/mol. The predicted octanol–water partition coefficient (Wildman–Crippen LogP) is 1.16. The Balaban J connectivity index is 3.14. The van der Waals surface area contributed by atoms with Crippen molar-refractivity contribution in [1.82, 2.24) is 9.55 Å². The molecule has 0 fully saturated rings. The summed E-state index contributed by atoms with van der Waals surface area (Å²) in [5.74, 6) is 1.04. The van der Waals surface area contributed by atoms with Gasteiger partial charge < -0.3 is 25.6 Å². The quantitative estimate of drug-likeness (QED) is 0.663. The van der Waals surface area contributed by atoms with Crippen LogP contribution in [0.5, 0.6) is 0 Å². The summed E-state index contributed by atoms with van der Waals surface area (Å²) in [4.78, 5) is 4.31. The number of imidazole rings is 1. The lowest BCUT2D eigenvalue weighted by Crippen LogP contribution is -2.28. The third-order valence-electron chi connectivity index (χ3n) is 2.42. The van der Waals surface area contributed by atoms with Crippen LogP contribution < -0.4 is 5.73 Å². The third-order valence-corrected chi connectivity index (χ3v) is 2.42.